The van der Waals surface area contributed by atoms with E-state index in [2.05, 4.69) is 0 Å². The number of esters is 1. The summed E-state index contributed by atoms with van der Waals surface area (Å²) in [6, 6.07) is 6.91. The molecule has 0 fully saturated rings. The van der Waals surface area contributed by atoms with Gasteiger partial charge in [-0.05, 0) is 12.1 Å². The summed E-state index contributed by atoms with van der Waals surface area (Å²) >= 11 is 0. The van der Waals surface area contributed by atoms with Gasteiger partial charge in [0.1, 0.15) is 16.9 Å². The molecule has 0 saturated heterocycles. The number of phenolic OH excluding ortho intramolecular Hbond substituents is 1. The zero-order chi connectivity index (χ0) is 13.3. The Balaban J connectivity index is 2.83. The van der Waals surface area contributed by atoms with E-state index in [0.29, 0.717) is 0 Å². The van der Waals surface area contributed by atoms with Gasteiger partial charge in [-0.2, -0.15) is 0 Å². The lowest BCUT2D eigenvalue weighted by molar-refractivity contribution is -0.383. The normalized spacial score (nSPS) is 10.3. The van der Waals surface area contributed by atoms with Crippen LogP contribution in [-0.2, 0) is 4.79 Å². The molecule has 0 spiro atoms. The highest BCUT2D eigenvalue weighted by molar-refractivity contribution is 6.00. The zero-order valence-electron chi connectivity index (χ0n) is 9.41. The Hall–Kier alpha value is -2.63. The van der Waals surface area contributed by atoms with Crippen molar-refractivity contribution in [3.05, 3.63) is 40.4 Å². The molecule has 6 nitrogen and oxygen atoms in total. The minimum atomic E-state index is -0.589. The number of hydrogen-bond acceptors (Lipinski definition) is 5. The molecule has 1 N–H and O–H groups in total. The molecule has 0 amide bonds. The van der Waals surface area contributed by atoms with E-state index < -0.39 is 10.9 Å². The van der Waals surface area contributed by atoms with Crippen LogP contribution in [0.15, 0.2) is 30.3 Å². The second-order valence-electron chi connectivity index (χ2n) is 3.63. The lowest BCUT2D eigenvalue weighted by Crippen LogP contribution is -2.02. The smallest absolute Gasteiger partial charge is 0.308 e. The number of carbonyl (C=O) groups is 1. The van der Waals surface area contributed by atoms with Gasteiger partial charge in [0.25, 0.3) is 5.69 Å². The average Bonchev–Trinajstić information content (AvgIpc) is 2.29. The molecule has 0 radical (unpaired) electrons. The third-order valence-electron chi connectivity index (χ3n) is 2.41. The SMILES string of the molecule is CC(=O)Oc1cccc2c(O)ccc([N+](=O)[O-])c12. The van der Waals surface area contributed by atoms with Crippen LogP contribution in [0.3, 0.4) is 0 Å². The Kier molecular flexibility index (Phi) is 2.85. The number of benzene rings is 2. The van der Waals surface area contributed by atoms with Gasteiger partial charge in [0.2, 0.25) is 0 Å². The molecule has 6 heteroatoms. The quantitative estimate of drug-likeness (QED) is 0.381. The Morgan fingerprint density at radius 2 is 2.06 bits per heavy atom. The fourth-order valence-corrected chi connectivity index (χ4v) is 1.73. The maximum atomic E-state index is 11.0. The molecule has 18 heavy (non-hydrogen) atoms. The van der Waals surface area contributed by atoms with Crippen molar-refractivity contribution in [2.45, 2.75) is 6.92 Å². The fraction of sp³-hybridized carbons (Fsp3) is 0.0833. The van der Waals surface area contributed by atoms with Crippen molar-refractivity contribution < 1.29 is 19.6 Å². The Bertz CT molecular complexity index is 650. The van der Waals surface area contributed by atoms with Gasteiger partial charge in [-0.25, -0.2) is 0 Å². The van der Waals surface area contributed by atoms with Crippen LogP contribution in [-0.4, -0.2) is 16.0 Å². The van der Waals surface area contributed by atoms with Crippen molar-refractivity contribution in [1.29, 1.82) is 0 Å². The minimum absolute atomic E-state index is 0.0580. The summed E-state index contributed by atoms with van der Waals surface area (Å²) in [4.78, 5) is 21.3. The van der Waals surface area contributed by atoms with Crippen LogP contribution in [0, 0.1) is 10.1 Å². The molecule has 2 aromatic carbocycles. The molecule has 0 aliphatic rings. The number of nitro groups is 1. The van der Waals surface area contributed by atoms with E-state index in [-0.39, 0.29) is 28.0 Å². The summed E-state index contributed by atoms with van der Waals surface area (Å²) in [7, 11) is 0. The summed E-state index contributed by atoms with van der Waals surface area (Å²) in [6.07, 6.45) is 0. The number of hydrogen-bond donors (Lipinski definition) is 1. The van der Waals surface area contributed by atoms with Crippen LogP contribution in [0.1, 0.15) is 6.92 Å². The summed E-state index contributed by atoms with van der Waals surface area (Å²) in [6.45, 7) is 1.20. The van der Waals surface area contributed by atoms with E-state index in [1.165, 1.54) is 31.2 Å². The summed E-state index contributed by atoms with van der Waals surface area (Å²) in [5.74, 6) is -0.632. The van der Waals surface area contributed by atoms with Crippen LogP contribution >= 0.6 is 0 Å². The van der Waals surface area contributed by atoms with E-state index in [1.54, 1.807) is 6.07 Å². The van der Waals surface area contributed by atoms with Crippen LogP contribution in [0.5, 0.6) is 11.5 Å². The number of fused-ring (bicyclic) bond motifs is 1. The van der Waals surface area contributed by atoms with E-state index in [1.807, 2.05) is 0 Å². The Morgan fingerprint density at radius 1 is 1.33 bits per heavy atom. The van der Waals surface area contributed by atoms with E-state index >= 15 is 0 Å². The van der Waals surface area contributed by atoms with Crippen molar-refractivity contribution in [3.8, 4) is 11.5 Å². The number of aromatic hydroxyl groups is 1. The van der Waals surface area contributed by atoms with Crippen molar-refractivity contribution >= 4 is 22.4 Å². The first-order valence-corrected chi connectivity index (χ1v) is 5.08. The van der Waals surface area contributed by atoms with Gasteiger partial charge in [-0.3, -0.25) is 14.9 Å². The molecule has 2 rings (SSSR count). The van der Waals surface area contributed by atoms with Gasteiger partial charge >= 0.3 is 5.97 Å². The third-order valence-corrected chi connectivity index (χ3v) is 2.41. The van der Waals surface area contributed by atoms with Gasteiger partial charge in [0.05, 0.1) is 4.92 Å². The third kappa shape index (κ3) is 1.95. The summed E-state index contributed by atoms with van der Waals surface area (Å²) in [5.41, 5.74) is -0.223. The Labute approximate surface area is 102 Å². The van der Waals surface area contributed by atoms with Gasteiger partial charge in [-0.1, -0.05) is 12.1 Å². The lowest BCUT2D eigenvalue weighted by atomic mass is 10.1. The molecule has 0 aromatic heterocycles. The van der Waals surface area contributed by atoms with Crippen LogP contribution in [0.25, 0.3) is 10.8 Å². The molecule has 0 aliphatic heterocycles. The molecule has 0 unspecified atom stereocenters. The standard InChI is InChI=1S/C12H9NO5/c1-7(14)18-11-4-2-3-8-10(15)6-5-9(12(8)11)13(16)17/h2-6,15H,1H3. The highest BCUT2D eigenvalue weighted by atomic mass is 16.6. The Morgan fingerprint density at radius 3 is 2.67 bits per heavy atom. The van der Waals surface area contributed by atoms with Crippen molar-refractivity contribution in [3.63, 3.8) is 0 Å². The monoisotopic (exact) mass is 247 g/mol. The number of non-ortho nitro benzene ring substituents is 1. The first-order valence-electron chi connectivity index (χ1n) is 5.08. The maximum absolute atomic E-state index is 11.0. The van der Waals surface area contributed by atoms with Gasteiger partial charge in [-0.15, -0.1) is 0 Å². The molecular formula is C12H9NO5. The predicted octanol–water partition coefficient (Wildman–Crippen LogP) is 2.38. The van der Waals surface area contributed by atoms with E-state index in [4.69, 9.17) is 4.74 Å². The molecule has 0 atom stereocenters. The van der Waals surface area contributed by atoms with Crippen LogP contribution in [0.2, 0.25) is 0 Å². The van der Waals surface area contributed by atoms with Gasteiger partial charge in [0.15, 0.2) is 0 Å². The molecule has 0 bridgehead atoms. The number of carbonyl (C=O) groups excluding carboxylic acids is 1. The number of phenols is 1. The van der Waals surface area contributed by atoms with Crippen molar-refractivity contribution in [2.75, 3.05) is 0 Å². The van der Waals surface area contributed by atoms with Gasteiger partial charge in [0, 0.05) is 18.4 Å². The van der Waals surface area contributed by atoms with Crippen molar-refractivity contribution in [1.82, 2.24) is 0 Å². The molecule has 2 aromatic rings. The van der Waals surface area contributed by atoms with E-state index in [9.17, 15) is 20.0 Å². The largest absolute Gasteiger partial charge is 0.507 e. The van der Waals surface area contributed by atoms with Crippen molar-refractivity contribution in [2.24, 2.45) is 0 Å². The number of ether oxygens (including phenoxy) is 1. The topological polar surface area (TPSA) is 89.7 Å². The molecule has 0 aliphatic carbocycles. The number of rotatable bonds is 2. The van der Waals surface area contributed by atoms with Crippen LogP contribution < -0.4 is 4.74 Å². The second-order valence-corrected chi connectivity index (χ2v) is 3.63. The summed E-state index contributed by atoms with van der Waals surface area (Å²) in [5, 5.41) is 21.0. The fourth-order valence-electron chi connectivity index (χ4n) is 1.73. The molecule has 0 heterocycles. The van der Waals surface area contributed by atoms with E-state index in [0.717, 1.165) is 0 Å². The molecule has 0 saturated carbocycles. The first kappa shape index (κ1) is 11.8. The first-order chi connectivity index (χ1) is 8.50. The number of nitrogens with zero attached hydrogens (tertiary/aromatic N) is 1. The maximum Gasteiger partial charge on any atom is 0.308 e. The minimum Gasteiger partial charge on any atom is -0.507 e. The van der Waals surface area contributed by atoms with Crippen LogP contribution in [0.4, 0.5) is 5.69 Å². The average molecular weight is 247 g/mol. The van der Waals surface area contributed by atoms with Gasteiger partial charge < -0.3 is 9.84 Å². The highest BCUT2D eigenvalue weighted by Gasteiger charge is 2.19. The predicted molar refractivity (Wildman–Crippen MR) is 63.6 cm³/mol. The molecular weight excluding hydrogens is 238 g/mol. The second kappa shape index (κ2) is 4.33. The molecule has 92 valence electrons. The number of nitro benzene ring substituents is 1. The highest BCUT2D eigenvalue weighted by Crippen LogP contribution is 2.38. The lowest BCUT2D eigenvalue weighted by Gasteiger charge is -2.07. The zero-order valence-corrected chi connectivity index (χ0v) is 9.41. The summed E-state index contributed by atoms with van der Waals surface area (Å²) < 4.78 is 4.92.